The Balaban J connectivity index is -0.000000324. The number of alkyl halides is 2. The third-order valence-electron chi connectivity index (χ3n) is 1.89. The highest BCUT2D eigenvalue weighted by molar-refractivity contribution is 7.56. The van der Waals surface area contributed by atoms with E-state index in [0.717, 1.165) is 0 Å². The molecule has 5 nitrogen and oxygen atoms in total. The van der Waals surface area contributed by atoms with Crippen LogP contribution in [0.4, 0.5) is 0 Å². The second-order valence-electron chi connectivity index (χ2n) is 3.98. The largest absolute Gasteiger partial charge is 0.458 e. The Kier molecular flexibility index (Phi) is 22.1. The number of ether oxygens (including phenoxy) is 1. The number of carbonyl (C=O) groups is 1. The average Bonchev–Trinajstić information content (AvgIpc) is 2.49. The van der Waals surface area contributed by atoms with Crippen molar-refractivity contribution >= 4 is 48.4 Å². The van der Waals surface area contributed by atoms with Crippen LogP contribution in [0.5, 0.6) is 0 Å². The summed E-state index contributed by atoms with van der Waals surface area (Å²) in [6.07, 6.45) is 3.64. The molecule has 0 aliphatic heterocycles. The molecule has 2 N–H and O–H groups in total. The molecule has 0 bridgehead atoms. The Morgan fingerprint density at radius 1 is 1.25 bits per heavy atom. The lowest BCUT2D eigenvalue weighted by Crippen LogP contribution is -2.03. The van der Waals surface area contributed by atoms with Crippen LogP contribution < -0.4 is 0 Å². The van der Waals surface area contributed by atoms with Crippen molar-refractivity contribution in [1.29, 1.82) is 0 Å². The van der Waals surface area contributed by atoms with Crippen LogP contribution in [0, 0.1) is 0 Å². The van der Waals surface area contributed by atoms with Crippen molar-refractivity contribution in [3.8, 4) is 0 Å². The first kappa shape index (κ1) is 28.3. The molecule has 0 rings (SSSR count). The number of rotatable bonds is 8. The van der Waals surface area contributed by atoms with E-state index in [9.17, 15) is 9.36 Å². The first-order chi connectivity index (χ1) is 11.1. The van der Waals surface area contributed by atoms with Crippen LogP contribution in [0.2, 0.25) is 0 Å². The minimum atomic E-state index is -4.10. The minimum absolute atomic E-state index is 0.0816. The molecule has 0 unspecified atom stereocenters. The molecule has 24 heavy (non-hydrogen) atoms. The van der Waals surface area contributed by atoms with Gasteiger partial charge in [0, 0.05) is 22.6 Å². The summed E-state index contributed by atoms with van der Waals surface area (Å²) < 4.78 is 15.3. The zero-order valence-electron chi connectivity index (χ0n) is 13.6. The molecule has 0 fully saturated rings. The topological polar surface area (TPSA) is 83.8 Å². The van der Waals surface area contributed by atoms with Crippen LogP contribution in [0.15, 0.2) is 48.3 Å². The Morgan fingerprint density at radius 3 is 2.04 bits per heavy atom. The fourth-order valence-corrected chi connectivity index (χ4v) is 2.16. The van der Waals surface area contributed by atoms with Crippen LogP contribution in [0.3, 0.4) is 0 Å². The molecule has 0 saturated carbocycles. The van der Waals surface area contributed by atoms with E-state index in [1.54, 1.807) is 6.92 Å². The molecule has 0 aromatic carbocycles. The molecule has 140 valence electrons. The van der Waals surface area contributed by atoms with Gasteiger partial charge in [0.05, 0.1) is 0 Å². The summed E-state index contributed by atoms with van der Waals surface area (Å²) in [5.74, 6) is 0.195. The summed E-state index contributed by atoms with van der Waals surface area (Å²) in [6, 6.07) is 0. The van der Waals surface area contributed by atoms with E-state index in [1.807, 2.05) is 0 Å². The summed E-state index contributed by atoms with van der Waals surface area (Å²) in [7, 11) is -4.10. The third-order valence-corrected chi connectivity index (χ3v) is 3.46. The molecular weight excluding hydrogens is 397 g/mol. The SMILES string of the molecule is C=CCOC(=O)C(=C)C.C=CCl.O=P(O)(O)/C(=C\CCCl)CCCl. The van der Waals surface area contributed by atoms with Crippen molar-refractivity contribution in [2.24, 2.45) is 0 Å². The molecule has 0 spiro atoms. The van der Waals surface area contributed by atoms with E-state index >= 15 is 0 Å². The van der Waals surface area contributed by atoms with Gasteiger partial charge in [-0.25, -0.2) is 4.79 Å². The van der Waals surface area contributed by atoms with Crippen molar-refractivity contribution < 1.29 is 23.9 Å². The maximum atomic E-state index is 10.8. The Bertz CT molecular complexity index is 458. The summed E-state index contributed by atoms with van der Waals surface area (Å²) >= 11 is 15.5. The van der Waals surface area contributed by atoms with Gasteiger partial charge in [-0.15, -0.1) is 23.2 Å². The molecule has 0 aliphatic carbocycles. The predicted molar refractivity (Wildman–Crippen MR) is 103 cm³/mol. The van der Waals surface area contributed by atoms with Crippen molar-refractivity contribution in [3.63, 3.8) is 0 Å². The van der Waals surface area contributed by atoms with Crippen molar-refractivity contribution in [2.45, 2.75) is 19.8 Å². The second-order valence-corrected chi connectivity index (χ2v) is 6.70. The highest BCUT2D eigenvalue weighted by Gasteiger charge is 2.19. The van der Waals surface area contributed by atoms with Crippen molar-refractivity contribution in [3.05, 3.63) is 48.3 Å². The normalized spacial score (nSPS) is 10.3. The van der Waals surface area contributed by atoms with Gasteiger partial charge in [-0.2, -0.15) is 0 Å². The van der Waals surface area contributed by atoms with Gasteiger partial charge in [0.2, 0.25) is 0 Å². The first-order valence-corrected chi connectivity index (χ1v) is 9.75. The van der Waals surface area contributed by atoms with E-state index in [1.165, 1.54) is 17.7 Å². The number of hydrogen-bond acceptors (Lipinski definition) is 3. The zero-order chi connectivity index (χ0) is 19.6. The van der Waals surface area contributed by atoms with Gasteiger partial charge in [-0.05, 0) is 25.3 Å². The van der Waals surface area contributed by atoms with Gasteiger partial charge in [0.1, 0.15) is 6.61 Å². The van der Waals surface area contributed by atoms with E-state index in [0.29, 0.717) is 17.9 Å². The van der Waals surface area contributed by atoms with Gasteiger partial charge < -0.3 is 14.5 Å². The molecule has 0 radical (unpaired) electrons. The number of halogens is 3. The van der Waals surface area contributed by atoms with E-state index in [2.05, 4.69) is 24.5 Å². The molecule has 0 heterocycles. The Morgan fingerprint density at radius 2 is 1.75 bits per heavy atom. The lowest BCUT2D eigenvalue weighted by atomic mass is 10.3. The van der Waals surface area contributed by atoms with Gasteiger partial charge in [-0.1, -0.05) is 43.5 Å². The third kappa shape index (κ3) is 21.4. The second kappa shape index (κ2) is 18.8. The summed E-state index contributed by atoms with van der Waals surface area (Å²) in [5.41, 5.74) is 1.64. The van der Waals surface area contributed by atoms with Crippen LogP contribution in [-0.2, 0) is 14.1 Å². The van der Waals surface area contributed by atoms with E-state index in [4.69, 9.17) is 44.6 Å². The highest BCUT2D eigenvalue weighted by atomic mass is 35.5. The quantitative estimate of drug-likeness (QED) is 0.190. The number of allylic oxidation sites excluding steroid dienone is 2. The van der Waals surface area contributed by atoms with Crippen LogP contribution in [0.1, 0.15) is 19.8 Å². The summed E-state index contributed by atoms with van der Waals surface area (Å²) in [5, 5.41) is 0.0816. The number of hydrogen-bond donors (Lipinski definition) is 2. The smallest absolute Gasteiger partial charge is 0.351 e. The zero-order valence-corrected chi connectivity index (χ0v) is 16.8. The molecule has 0 aromatic rings. The monoisotopic (exact) mass is 420 g/mol. The highest BCUT2D eigenvalue weighted by Crippen LogP contribution is 2.46. The van der Waals surface area contributed by atoms with Gasteiger partial charge in [0.25, 0.3) is 0 Å². The van der Waals surface area contributed by atoms with Gasteiger partial charge >= 0.3 is 13.6 Å². The van der Waals surface area contributed by atoms with Crippen molar-refractivity contribution in [1.82, 2.24) is 0 Å². The molecule has 9 heteroatoms. The lowest BCUT2D eigenvalue weighted by molar-refractivity contribution is -0.137. The standard InChI is InChI=1S/C7H10O2.C6H11Cl2O3P.C2H3Cl/c1-4-5-9-7(8)6(2)3;7-4-1-2-6(3-5-8)12(9,10)11;1-2-3/h4H,1-2,5H2,3H3;2H,1,3-5H2,(H2,9,10,11);2H,1H2/b;6-2-;. The summed E-state index contributed by atoms with van der Waals surface area (Å²) in [4.78, 5) is 28.1. The minimum Gasteiger partial charge on any atom is -0.458 e. The van der Waals surface area contributed by atoms with Crippen LogP contribution in [-0.4, -0.2) is 34.1 Å². The molecular formula is C15H24Cl3O5P. The maximum Gasteiger partial charge on any atom is 0.351 e. The summed E-state index contributed by atoms with van der Waals surface area (Å²) in [6.45, 7) is 11.8. The molecule has 0 amide bonds. The van der Waals surface area contributed by atoms with Crippen LogP contribution >= 0.6 is 42.4 Å². The molecule has 0 aliphatic rings. The molecule has 0 saturated heterocycles. The van der Waals surface area contributed by atoms with Crippen LogP contribution in [0.25, 0.3) is 0 Å². The fraction of sp³-hybridized carbons (Fsp3) is 0.400. The van der Waals surface area contributed by atoms with E-state index < -0.39 is 7.60 Å². The fourth-order valence-electron chi connectivity index (χ4n) is 0.942. The van der Waals surface area contributed by atoms with Crippen molar-refractivity contribution in [2.75, 3.05) is 18.4 Å². The molecule has 0 atom stereocenters. The number of esters is 1. The molecule has 0 aromatic heterocycles. The average molecular weight is 422 g/mol. The Labute approximate surface area is 158 Å². The Hall–Kier alpha value is -0.550. The lowest BCUT2D eigenvalue weighted by Gasteiger charge is -2.06. The predicted octanol–water partition coefficient (Wildman–Crippen LogP) is 4.97. The van der Waals surface area contributed by atoms with Gasteiger partial charge in [0.15, 0.2) is 0 Å². The number of carbonyl (C=O) groups excluding carboxylic acids is 1. The van der Waals surface area contributed by atoms with Gasteiger partial charge in [-0.3, -0.25) is 4.57 Å². The van der Waals surface area contributed by atoms with E-state index in [-0.39, 0.29) is 30.2 Å². The maximum absolute atomic E-state index is 10.8. The first-order valence-electron chi connectivity index (χ1n) is 6.63.